The van der Waals surface area contributed by atoms with Gasteiger partial charge in [-0.25, -0.2) is 4.98 Å². The first kappa shape index (κ1) is 17.8. The lowest BCUT2D eigenvalue weighted by molar-refractivity contribution is 0.771. The van der Waals surface area contributed by atoms with Crippen molar-refractivity contribution in [2.24, 2.45) is 5.10 Å². The molecule has 1 heterocycles. The summed E-state index contributed by atoms with van der Waals surface area (Å²) < 4.78 is 2.20. The Hall–Kier alpha value is -3.31. The number of rotatable bonds is 2. The summed E-state index contributed by atoms with van der Waals surface area (Å²) in [6, 6.07) is 24.1. The number of nitrogens with zero attached hydrogens (tertiary/aromatic N) is 3. The molecule has 5 heteroatoms. The molecule has 0 spiro atoms. The minimum Gasteiger partial charge on any atom is -0.267 e. The van der Waals surface area contributed by atoms with Gasteiger partial charge in [0.15, 0.2) is 0 Å². The van der Waals surface area contributed by atoms with Crippen molar-refractivity contribution in [3.63, 3.8) is 0 Å². The molecule has 140 valence electrons. The zero-order valence-corrected chi connectivity index (χ0v) is 17.2. The molecule has 0 amide bonds. The van der Waals surface area contributed by atoms with Crippen molar-refractivity contribution in [1.82, 2.24) is 9.66 Å². The van der Waals surface area contributed by atoms with Gasteiger partial charge in [0.25, 0.3) is 5.56 Å². The van der Waals surface area contributed by atoms with Crippen molar-refractivity contribution in [2.45, 2.75) is 6.92 Å². The van der Waals surface area contributed by atoms with E-state index in [1.165, 1.54) is 4.68 Å². The number of hydrogen-bond acceptors (Lipinski definition) is 3. The van der Waals surface area contributed by atoms with Crippen LogP contribution in [0.2, 0.25) is 0 Å². The smallest absolute Gasteiger partial charge is 0.267 e. The second kappa shape index (κ2) is 6.94. The first-order valence-corrected chi connectivity index (χ1v) is 10.0. The number of aryl methyl sites for hydroxylation is 1. The molecule has 0 fully saturated rings. The molecule has 5 rings (SSSR count). The lowest BCUT2D eigenvalue weighted by Crippen LogP contribution is -2.20. The fourth-order valence-electron chi connectivity index (χ4n) is 3.70. The van der Waals surface area contributed by atoms with Crippen molar-refractivity contribution in [3.05, 3.63) is 99.0 Å². The molecule has 4 aromatic carbocycles. The van der Waals surface area contributed by atoms with Crippen LogP contribution in [0.1, 0.15) is 11.4 Å². The maximum atomic E-state index is 13.0. The highest BCUT2D eigenvalue weighted by Crippen LogP contribution is 2.27. The fraction of sp³-hybridized carbons (Fsp3) is 0.0417. The summed E-state index contributed by atoms with van der Waals surface area (Å²) in [7, 11) is 0. The first-order valence-electron chi connectivity index (χ1n) is 9.25. The molecule has 0 N–H and O–H groups in total. The highest BCUT2D eigenvalue weighted by atomic mass is 79.9. The largest absolute Gasteiger partial charge is 0.282 e. The normalized spacial score (nSPS) is 11.8. The van der Waals surface area contributed by atoms with E-state index in [0.29, 0.717) is 16.7 Å². The summed E-state index contributed by atoms with van der Waals surface area (Å²) in [5.41, 5.74) is 1.46. The van der Waals surface area contributed by atoms with E-state index in [1.807, 2.05) is 36.4 Å². The number of aromatic nitrogens is 2. The summed E-state index contributed by atoms with van der Waals surface area (Å²) in [4.78, 5) is 17.6. The zero-order valence-electron chi connectivity index (χ0n) is 15.6. The van der Waals surface area contributed by atoms with Gasteiger partial charge >= 0.3 is 0 Å². The molecule has 0 aliphatic carbocycles. The number of hydrogen-bond donors (Lipinski definition) is 0. The molecule has 0 saturated heterocycles. The Morgan fingerprint density at radius 2 is 1.55 bits per heavy atom. The second-order valence-corrected chi connectivity index (χ2v) is 7.83. The van der Waals surface area contributed by atoms with Gasteiger partial charge in [-0.1, -0.05) is 64.5 Å². The van der Waals surface area contributed by atoms with E-state index >= 15 is 0 Å². The van der Waals surface area contributed by atoms with Crippen molar-refractivity contribution in [2.75, 3.05) is 0 Å². The Labute approximate surface area is 175 Å². The Morgan fingerprint density at radius 3 is 2.24 bits per heavy atom. The monoisotopic (exact) mass is 441 g/mol. The van der Waals surface area contributed by atoms with Crippen LogP contribution in [0.4, 0.5) is 0 Å². The molecule has 29 heavy (non-hydrogen) atoms. The van der Waals surface area contributed by atoms with Crippen LogP contribution >= 0.6 is 15.9 Å². The average Bonchev–Trinajstić information content (AvgIpc) is 2.73. The minimum atomic E-state index is -0.186. The Balaban J connectivity index is 1.77. The summed E-state index contributed by atoms with van der Waals surface area (Å²) in [5.74, 6) is 0.547. The van der Waals surface area contributed by atoms with Crippen LogP contribution in [0.15, 0.2) is 87.2 Å². The van der Waals surface area contributed by atoms with Gasteiger partial charge in [0, 0.05) is 10.0 Å². The van der Waals surface area contributed by atoms with Crippen molar-refractivity contribution < 1.29 is 0 Å². The van der Waals surface area contributed by atoms with Crippen LogP contribution in [-0.4, -0.2) is 15.9 Å². The molecule has 0 unspecified atom stereocenters. The summed E-state index contributed by atoms with van der Waals surface area (Å²) >= 11 is 3.43. The van der Waals surface area contributed by atoms with Gasteiger partial charge < -0.3 is 0 Å². The maximum absolute atomic E-state index is 13.0. The molecule has 0 aliphatic heterocycles. The zero-order chi connectivity index (χ0) is 20.0. The summed E-state index contributed by atoms with van der Waals surface area (Å²) in [5, 5.41) is 9.55. The van der Waals surface area contributed by atoms with Gasteiger partial charge in [-0.2, -0.15) is 9.78 Å². The standard InChI is InChI=1S/C24H16BrN3O/c1-15-27-23-11-10-18(25)13-21(23)24(29)28(15)26-14-22-19-8-4-2-6-16(19)12-17-7-3-5-9-20(17)22/h2-14H,1H3. The highest BCUT2D eigenvalue weighted by molar-refractivity contribution is 9.10. The highest BCUT2D eigenvalue weighted by Gasteiger charge is 2.09. The topological polar surface area (TPSA) is 47.2 Å². The molecular formula is C24H16BrN3O. The van der Waals surface area contributed by atoms with E-state index < -0.39 is 0 Å². The Kier molecular flexibility index (Phi) is 4.25. The molecular weight excluding hydrogens is 426 g/mol. The molecule has 0 aliphatic rings. The van der Waals surface area contributed by atoms with E-state index in [9.17, 15) is 4.79 Å². The molecule has 4 nitrogen and oxygen atoms in total. The van der Waals surface area contributed by atoms with Crippen molar-refractivity contribution in [1.29, 1.82) is 0 Å². The Bertz CT molecular complexity index is 1450. The van der Waals surface area contributed by atoms with Crippen molar-refractivity contribution in [3.8, 4) is 0 Å². The van der Waals surface area contributed by atoms with Gasteiger partial charge in [-0.15, -0.1) is 0 Å². The third-order valence-electron chi connectivity index (χ3n) is 5.09. The predicted molar refractivity (Wildman–Crippen MR) is 123 cm³/mol. The van der Waals surface area contributed by atoms with E-state index in [2.05, 4.69) is 56.3 Å². The van der Waals surface area contributed by atoms with Crippen LogP contribution in [-0.2, 0) is 0 Å². The second-order valence-electron chi connectivity index (χ2n) is 6.91. The molecule has 1 aromatic heterocycles. The van der Waals surface area contributed by atoms with Crippen molar-refractivity contribution >= 4 is 54.6 Å². The third kappa shape index (κ3) is 3.04. The molecule has 0 saturated carbocycles. The van der Waals surface area contributed by atoms with Crippen LogP contribution < -0.4 is 5.56 Å². The van der Waals surface area contributed by atoms with Gasteiger partial charge in [-0.05, 0) is 52.7 Å². The quantitative estimate of drug-likeness (QED) is 0.262. The number of halogens is 1. The fourth-order valence-corrected chi connectivity index (χ4v) is 4.06. The first-order chi connectivity index (χ1) is 14.1. The lowest BCUT2D eigenvalue weighted by atomic mass is 9.97. The van der Waals surface area contributed by atoms with Crippen LogP contribution in [0.25, 0.3) is 32.4 Å². The molecule has 0 atom stereocenters. The average molecular weight is 442 g/mol. The SMILES string of the molecule is Cc1nc2ccc(Br)cc2c(=O)n1N=Cc1c2ccccc2cc2ccccc12. The van der Waals surface area contributed by atoms with E-state index in [4.69, 9.17) is 0 Å². The van der Waals surface area contributed by atoms with Gasteiger partial charge in [0.1, 0.15) is 5.82 Å². The van der Waals surface area contributed by atoms with E-state index in [1.54, 1.807) is 19.2 Å². The van der Waals surface area contributed by atoms with E-state index in [-0.39, 0.29) is 5.56 Å². The van der Waals surface area contributed by atoms with Gasteiger partial charge in [0.05, 0.1) is 17.1 Å². The number of fused-ring (bicyclic) bond motifs is 3. The summed E-state index contributed by atoms with van der Waals surface area (Å²) in [6.45, 7) is 1.79. The Morgan fingerprint density at radius 1 is 0.897 bits per heavy atom. The maximum Gasteiger partial charge on any atom is 0.282 e. The predicted octanol–water partition coefficient (Wildman–Crippen LogP) is 5.66. The van der Waals surface area contributed by atoms with Crippen LogP contribution in [0.3, 0.4) is 0 Å². The molecule has 5 aromatic rings. The summed E-state index contributed by atoms with van der Waals surface area (Å²) in [6.07, 6.45) is 1.77. The van der Waals surface area contributed by atoms with Crippen LogP contribution in [0, 0.1) is 6.92 Å². The van der Waals surface area contributed by atoms with Gasteiger partial charge in [0.2, 0.25) is 0 Å². The third-order valence-corrected chi connectivity index (χ3v) is 5.58. The number of benzene rings is 4. The lowest BCUT2D eigenvalue weighted by Gasteiger charge is -2.09. The van der Waals surface area contributed by atoms with Gasteiger partial charge in [-0.3, -0.25) is 4.79 Å². The molecule has 0 radical (unpaired) electrons. The van der Waals surface area contributed by atoms with E-state index in [0.717, 1.165) is 31.6 Å². The minimum absolute atomic E-state index is 0.186. The van der Waals surface area contributed by atoms with Crippen LogP contribution in [0.5, 0.6) is 0 Å². The molecule has 0 bridgehead atoms.